The zero-order valence-electron chi connectivity index (χ0n) is 15.3. The molecule has 0 atom stereocenters. The first-order valence-electron chi connectivity index (χ1n) is 8.79. The Morgan fingerprint density at radius 2 is 1.96 bits per heavy atom. The van der Waals surface area contributed by atoms with Gasteiger partial charge in [-0.05, 0) is 30.2 Å². The maximum Gasteiger partial charge on any atom is 0.278 e. The summed E-state index contributed by atoms with van der Waals surface area (Å²) < 4.78 is 15.3. The number of amides is 1. The van der Waals surface area contributed by atoms with Crippen LogP contribution in [0.4, 0.5) is 9.52 Å². The molecule has 2 heterocycles. The molecule has 0 aliphatic carbocycles. The number of thiazole rings is 1. The molecule has 8 heteroatoms. The van der Waals surface area contributed by atoms with Crippen LogP contribution in [0.1, 0.15) is 24.3 Å². The number of benzene rings is 2. The first-order chi connectivity index (χ1) is 13.4. The van der Waals surface area contributed by atoms with E-state index in [1.807, 2.05) is 13.8 Å². The van der Waals surface area contributed by atoms with Crippen LogP contribution in [0, 0.1) is 11.7 Å². The highest BCUT2D eigenvalue weighted by Crippen LogP contribution is 2.27. The third-order valence-electron chi connectivity index (χ3n) is 4.19. The Kier molecular flexibility index (Phi) is 4.64. The van der Waals surface area contributed by atoms with E-state index in [9.17, 15) is 14.0 Å². The van der Waals surface area contributed by atoms with Crippen LogP contribution >= 0.6 is 11.3 Å². The molecule has 0 saturated carbocycles. The number of hydrogen-bond donors (Lipinski definition) is 1. The fraction of sp³-hybridized carbons (Fsp3) is 0.200. The van der Waals surface area contributed by atoms with Gasteiger partial charge in [-0.2, -0.15) is 5.10 Å². The molecule has 0 saturated heterocycles. The topological polar surface area (TPSA) is 76.9 Å². The molecule has 142 valence electrons. The smallest absolute Gasteiger partial charge is 0.278 e. The van der Waals surface area contributed by atoms with E-state index in [1.165, 1.54) is 28.2 Å². The van der Waals surface area contributed by atoms with Crippen LogP contribution in [0.25, 0.3) is 21.0 Å². The summed E-state index contributed by atoms with van der Waals surface area (Å²) in [4.78, 5) is 29.9. The minimum atomic E-state index is -0.465. The number of hydrogen-bond acceptors (Lipinski definition) is 5. The third kappa shape index (κ3) is 3.38. The molecule has 0 spiro atoms. The van der Waals surface area contributed by atoms with Crippen molar-refractivity contribution in [2.75, 3.05) is 5.32 Å². The van der Waals surface area contributed by atoms with E-state index in [0.717, 1.165) is 0 Å². The van der Waals surface area contributed by atoms with E-state index in [1.54, 1.807) is 30.3 Å². The average Bonchev–Trinajstić information content (AvgIpc) is 3.05. The van der Waals surface area contributed by atoms with Crippen molar-refractivity contribution in [2.45, 2.75) is 20.4 Å². The van der Waals surface area contributed by atoms with Gasteiger partial charge in [0, 0.05) is 11.9 Å². The SMILES string of the molecule is CC(C)Cn1nc(C(=O)Nc2nc3ccc(F)cc3s2)c2ccccc2c1=O. The molecule has 2 aromatic heterocycles. The Morgan fingerprint density at radius 3 is 2.71 bits per heavy atom. The summed E-state index contributed by atoms with van der Waals surface area (Å²) in [5, 5.41) is 8.31. The second-order valence-electron chi connectivity index (χ2n) is 6.86. The highest BCUT2D eigenvalue weighted by Gasteiger charge is 2.18. The summed E-state index contributed by atoms with van der Waals surface area (Å²) in [5.41, 5.74) is 0.530. The summed E-state index contributed by atoms with van der Waals surface area (Å²) >= 11 is 1.18. The molecule has 4 aromatic rings. The number of aromatic nitrogens is 3. The highest BCUT2D eigenvalue weighted by atomic mass is 32.1. The van der Waals surface area contributed by atoms with Gasteiger partial charge in [0.25, 0.3) is 11.5 Å². The van der Waals surface area contributed by atoms with Gasteiger partial charge >= 0.3 is 0 Å². The second-order valence-corrected chi connectivity index (χ2v) is 7.89. The van der Waals surface area contributed by atoms with Gasteiger partial charge in [-0.15, -0.1) is 0 Å². The Morgan fingerprint density at radius 1 is 1.21 bits per heavy atom. The molecule has 0 fully saturated rings. The largest absolute Gasteiger partial charge is 0.296 e. The average molecular weight is 396 g/mol. The Labute approximate surface area is 163 Å². The minimum Gasteiger partial charge on any atom is -0.296 e. The number of carbonyl (C=O) groups is 1. The number of fused-ring (bicyclic) bond motifs is 2. The molecule has 2 aromatic carbocycles. The van der Waals surface area contributed by atoms with Crippen LogP contribution in [0.2, 0.25) is 0 Å². The van der Waals surface area contributed by atoms with Gasteiger partial charge in [0.05, 0.1) is 15.6 Å². The first-order valence-corrected chi connectivity index (χ1v) is 9.61. The molecular weight excluding hydrogens is 379 g/mol. The molecule has 1 N–H and O–H groups in total. The van der Waals surface area contributed by atoms with Crippen LogP contribution in [-0.4, -0.2) is 20.7 Å². The first kappa shape index (κ1) is 18.2. The van der Waals surface area contributed by atoms with Crippen molar-refractivity contribution in [2.24, 2.45) is 5.92 Å². The normalized spacial score (nSPS) is 11.4. The predicted octanol–water partition coefficient (Wildman–Crippen LogP) is 4.05. The quantitative estimate of drug-likeness (QED) is 0.564. The Bertz CT molecular complexity index is 1260. The highest BCUT2D eigenvalue weighted by molar-refractivity contribution is 7.22. The van der Waals surface area contributed by atoms with Crippen molar-refractivity contribution in [3.8, 4) is 0 Å². The summed E-state index contributed by atoms with van der Waals surface area (Å²) in [5.74, 6) is -0.628. The van der Waals surface area contributed by atoms with Crippen molar-refractivity contribution in [1.82, 2.24) is 14.8 Å². The van der Waals surface area contributed by atoms with Crippen LogP contribution in [0.5, 0.6) is 0 Å². The van der Waals surface area contributed by atoms with Crippen molar-refractivity contribution < 1.29 is 9.18 Å². The summed E-state index contributed by atoms with van der Waals surface area (Å²) in [7, 11) is 0. The molecule has 4 rings (SSSR count). The standard InChI is InChI=1S/C20H17FN4O2S/c1-11(2)10-25-19(27)14-6-4-3-5-13(14)17(24-25)18(26)23-20-22-15-8-7-12(21)9-16(15)28-20/h3-9,11H,10H2,1-2H3,(H,22,23,26). The zero-order valence-corrected chi connectivity index (χ0v) is 16.1. The van der Waals surface area contributed by atoms with Gasteiger partial charge in [-0.3, -0.25) is 14.9 Å². The van der Waals surface area contributed by atoms with Crippen molar-refractivity contribution in [3.63, 3.8) is 0 Å². The molecule has 0 radical (unpaired) electrons. The Hall–Kier alpha value is -3.13. The fourth-order valence-electron chi connectivity index (χ4n) is 2.98. The van der Waals surface area contributed by atoms with Crippen LogP contribution in [-0.2, 0) is 6.54 Å². The second kappa shape index (κ2) is 7.12. The lowest BCUT2D eigenvalue weighted by atomic mass is 10.1. The lowest BCUT2D eigenvalue weighted by Gasteiger charge is -2.12. The fourth-order valence-corrected chi connectivity index (χ4v) is 3.87. The lowest BCUT2D eigenvalue weighted by Crippen LogP contribution is -2.29. The van der Waals surface area contributed by atoms with E-state index >= 15 is 0 Å². The molecule has 0 aliphatic rings. The number of nitrogens with zero attached hydrogens (tertiary/aromatic N) is 3. The molecule has 0 aliphatic heterocycles. The molecule has 0 unspecified atom stereocenters. The monoisotopic (exact) mass is 396 g/mol. The van der Waals surface area contributed by atoms with E-state index in [4.69, 9.17) is 0 Å². The summed E-state index contributed by atoms with van der Waals surface area (Å²) in [6.07, 6.45) is 0. The van der Waals surface area contributed by atoms with Crippen molar-refractivity contribution in [3.05, 3.63) is 64.3 Å². The van der Waals surface area contributed by atoms with E-state index < -0.39 is 5.91 Å². The van der Waals surface area contributed by atoms with Gasteiger partial charge in [-0.25, -0.2) is 14.1 Å². The third-order valence-corrected chi connectivity index (χ3v) is 5.13. The van der Waals surface area contributed by atoms with Gasteiger partial charge in [0.15, 0.2) is 10.8 Å². The van der Waals surface area contributed by atoms with Crippen molar-refractivity contribution >= 4 is 43.4 Å². The lowest BCUT2D eigenvalue weighted by molar-refractivity contribution is 0.102. The number of halogens is 1. The maximum atomic E-state index is 13.4. The number of anilines is 1. The molecule has 0 bridgehead atoms. The van der Waals surface area contributed by atoms with E-state index in [0.29, 0.717) is 32.7 Å². The summed E-state index contributed by atoms with van der Waals surface area (Å²) in [6.45, 7) is 4.36. The van der Waals surface area contributed by atoms with E-state index in [-0.39, 0.29) is 23.0 Å². The molecule has 28 heavy (non-hydrogen) atoms. The molecule has 1 amide bonds. The van der Waals surface area contributed by atoms with Crippen LogP contribution in [0.15, 0.2) is 47.3 Å². The van der Waals surface area contributed by atoms with Crippen LogP contribution in [0.3, 0.4) is 0 Å². The molecule has 6 nitrogen and oxygen atoms in total. The van der Waals surface area contributed by atoms with Gasteiger partial charge in [0.1, 0.15) is 5.82 Å². The van der Waals surface area contributed by atoms with Gasteiger partial charge < -0.3 is 0 Å². The number of carbonyl (C=O) groups excluding carboxylic acids is 1. The summed E-state index contributed by atoms with van der Waals surface area (Å²) in [6, 6.07) is 11.2. The van der Waals surface area contributed by atoms with Crippen molar-refractivity contribution in [1.29, 1.82) is 0 Å². The maximum absolute atomic E-state index is 13.4. The van der Waals surface area contributed by atoms with Crippen LogP contribution < -0.4 is 10.9 Å². The van der Waals surface area contributed by atoms with Gasteiger partial charge in [-0.1, -0.05) is 43.4 Å². The number of nitrogens with one attached hydrogen (secondary N) is 1. The minimum absolute atomic E-state index is 0.154. The molecular formula is C20H17FN4O2S. The van der Waals surface area contributed by atoms with Gasteiger partial charge in [0.2, 0.25) is 0 Å². The van der Waals surface area contributed by atoms with E-state index in [2.05, 4.69) is 15.4 Å². The Balaban J connectivity index is 1.77. The number of rotatable bonds is 4. The zero-order chi connectivity index (χ0) is 19.8. The predicted molar refractivity (Wildman–Crippen MR) is 108 cm³/mol.